The minimum absolute atomic E-state index is 0.0874. The van der Waals surface area contributed by atoms with Crippen LogP contribution in [0.15, 0.2) is 30.3 Å². The molecule has 1 fully saturated rings. The molecule has 0 saturated carbocycles. The zero-order valence-electron chi connectivity index (χ0n) is 6.86. The lowest BCUT2D eigenvalue weighted by atomic mass is 10.1. The van der Waals surface area contributed by atoms with Crippen LogP contribution in [0.2, 0.25) is 0 Å². The van der Waals surface area contributed by atoms with E-state index >= 15 is 0 Å². The lowest BCUT2D eigenvalue weighted by Crippen LogP contribution is -2.06. The number of ether oxygens (including phenoxy) is 1. The topological polar surface area (TPSA) is 29.6 Å². The van der Waals surface area contributed by atoms with Crippen LogP contribution in [0.3, 0.4) is 0 Å². The number of rotatable bonds is 2. The van der Waals surface area contributed by atoms with Crippen LogP contribution < -0.4 is 0 Å². The highest BCUT2D eigenvalue weighted by molar-refractivity contribution is 6.00. The average molecular weight is 149 g/mol. The van der Waals surface area contributed by atoms with Crippen LogP contribution in [0.4, 0.5) is 0 Å². The molecule has 1 aromatic rings. The smallest absolute Gasteiger partial charge is 0.193 e. The van der Waals surface area contributed by atoms with Crippen LogP contribution in [-0.2, 0) is 4.74 Å². The van der Waals surface area contributed by atoms with Gasteiger partial charge in [0.05, 0.1) is 7.95 Å². The molecule has 0 amide bonds. The van der Waals surface area contributed by atoms with Crippen molar-refractivity contribution < 1.29 is 10.9 Å². The van der Waals surface area contributed by atoms with Crippen LogP contribution in [0.25, 0.3) is 0 Å². The molecule has 56 valence electrons. The van der Waals surface area contributed by atoms with E-state index in [2.05, 4.69) is 0 Å². The number of hydrogen-bond donors (Lipinski definition) is 0. The standard InChI is InChI=1S/C9H8O2/c10-9(8-6-11-8)7-4-2-1-3-5-7/h1-5,8H,6H2/t8-/m1/s1/i6D/t6-,8+/m0. The third-order valence-electron chi connectivity index (χ3n) is 1.59. The predicted octanol–water partition coefficient (Wildman–Crippen LogP) is 1.27. The zero-order chi connectivity index (χ0) is 8.55. The second kappa shape index (κ2) is 2.47. The number of carbonyl (C=O) groups excluding carboxylic acids is 1. The van der Waals surface area contributed by atoms with E-state index in [1.165, 1.54) is 0 Å². The van der Waals surface area contributed by atoms with E-state index < -0.39 is 12.7 Å². The molecule has 0 unspecified atom stereocenters. The second-order valence-electron chi connectivity index (χ2n) is 2.42. The molecule has 2 atom stereocenters. The van der Waals surface area contributed by atoms with Gasteiger partial charge in [0.25, 0.3) is 0 Å². The molecule has 1 aliphatic heterocycles. The zero-order valence-corrected chi connectivity index (χ0v) is 5.86. The van der Waals surface area contributed by atoms with Gasteiger partial charge in [0.15, 0.2) is 5.78 Å². The first kappa shape index (κ1) is 5.49. The molecule has 0 bridgehead atoms. The Labute approximate surface area is 66.2 Å². The van der Waals surface area contributed by atoms with E-state index in [1.807, 2.05) is 6.07 Å². The molecule has 11 heavy (non-hydrogen) atoms. The van der Waals surface area contributed by atoms with Crippen molar-refractivity contribution in [1.82, 2.24) is 0 Å². The normalized spacial score (nSPS) is 29.3. The summed E-state index contributed by atoms with van der Waals surface area (Å²) in [5.74, 6) is -0.0874. The summed E-state index contributed by atoms with van der Waals surface area (Å²) >= 11 is 0. The molecular weight excluding hydrogens is 140 g/mol. The third kappa shape index (κ3) is 1.30. The molecule has 0 aliphatic carbocycles. The summed E-state index contributed by atoms with van der Waals surface area (Å²) < 4.78 is 11.8. The second-order valence-corrected chi connectivity index (χ2v) is 2.42. The van der Waals surface area contributed by atoms with E-state index in [1.54, 1.807) is 24.3 Å². The highest BCUT2D eigenvalue weighted by Crippen LogP contribution is 2.15. The Hall–Kier alpha value is -1.15. The summed E-state index contributed by atoms with van der Waals surface area (Å²) in [6.45, 7) is -0.641. The van der Waals surface area contributed by atoms with Gasteiger partial charge in [-0.1, -0.05) is 30.3 Å². The van der Waals surface area contributed by atoms with Gasteiger partial charge in [-0.2, -0.15) is 0 Å². The van der Waals surface area contributed by atoms with Gasteiger partial charge in [-0.15, -0.1) is 0 Å². The monoisotopic (exact) mass is 149 g/mol. The number of epoxide rings is 1. The summed E-state index contributed by atoms with van der Waals surface area (Å²) in [5.41, 5.74) is 0.622. The Morgan fingerprint density at radius 3 is 2.73 bits per heavy atom. The van der Waals surface area contributed by atoms with Crippen molar-refractivity contribution in [2.24, 2.45) is 0 Å². The van der Waals surface area contributed by atoms with Crippen molar-refractivity contribution in [3.05, 3.63) is 35.9 Å². The highest BCUT2D eigenvalue weighted by atomic mass is 16.6. The molecule has 2 heteroatoms. The Bertz CT molecular complexity index is 297. The molecule has 2 rings (SSSR count). The predicted molar refractivity (Wildman–Crippen MR) is 40.5 cm³/mol. The minimum atomic E-state index is -0.641. The Kier molecular flexibility index (Phi) is 1.24. The van der Waals surface area contributed by atoms with E-state index in [0.29, 0.717) is 5.56 Å². The molecule has 0 spiro atoms. The van der Waals surface area contributed by atoms with E-state index in [-0.39, 0.29) is 5.78 Å². The van der Waals surface area contributed by atoms with Gasteiger partial charge in [0.1, 0.15) is 6.10 Å². The third-order valence-corrected chi connectivity index (χ3v) is 1.59. The van der Waals surface area contributed by atoms with Crippen molar-refractivity contribution in [1.29, 1.82) is 0 Å². The van der Waals surface area contributed by atoms with Gasteiger partial charge in [0, 0.05) is 5.56 Å². The fourth-order valence-corrected chi connectivity index (χ4v) is 0.930. The molecule has 0 N–H and O–H groups in total. The molecule has 1 heterocycles. The molecule has 0 aromatic heterocycles. The summed E-state index contributed by atoms with van der Waals surface area (Å²) in [6.07, 6.45) is -0.521. The summed E-state index contributed by atoms with van der Waals surface area (Å²) in [6, 6.07) is 8.92. The highest BCUT2D eigenvalue weighted by Gasteiger charge is 2.31. The molecule has 1 aliphatic rings. The van der Waals surface area contributed by atoms with Crippen molar-refractivity contribution in [2.45, 2.75) is 6.10 Å². The Morgan fingerprint density at radius 2 is 2.18 bits per heavy atom. The van der Waals surface area contributed by atoms with Crippen molar-refractivity contribution in [3.63, 3.8) is 0 Å². The van der Waals surface area contributed by atoms with E-state index in [9.17, 15) is 4.79 Å². The molecular formula is C9H8O2. The first-order valence-corrected chi connectivity index (χ1v) is 3.46. The molecule has 2 nitrogen and oxygen atoms in total. The number of ketones is 1. The van der Waals surface area contributed by atoms with Crippen molar-refractivity contribution >= 4 is 5.78 Å². The van der Waals surface area contributed by atoms with Crippen LogP contribution >= 0.6 is 0 Å². The van der Waals surface area contributed by atoms with Gasteiger partial charge in [-0.25, -0.2) is 0 Å². The lowest BCUT2D eigenvalue weighted by molar-refractivity contribution is 0.0953. The van der Waals surface area contributed by atoms with Gasteiger partial charge in [-0.05, 0) is 0 Å². The number of hydrogen-bond acceptors (Lipinski definition) is 2. The molecule has 1 aromatic carbocycles. The summed E-state index contributed by atoms with van der Waals surface area (Å²) in [5, 5.41) is 0. The SMILES string of the molecule is [2H][C@@H]1O[C@H]1C(=O)c1ccccc1. The molecule has 1 saturated heterocycles. The van der Waals surface area contributed by atoms with Crippen LogP contribution in [-0.4, -0.2) is 18.5 Å². The summed E-state index contributed by atoms with van der Waals surface area (Å²) in [7, 11) is 0. The maximum Gasteiger partial charge on any atom is 0.193 e. The quantitative estimate of drug-likeness (QED) is 0.468. The van der Waals surface area contributed by atoms with Gasteiger partial charge in [0.2, 0.25) is 0 Å². The van der Waals surface area contributed by atoms with E-state index in [0.717, 1.165) is 0 Å². The maximum absolute atomic E-state index is 11.4. The fourth-order valence-electron chi connectivity index (χ4n) is 0.930. The Balaban J connectivity index is 2.16. The van der Waals surface area contributed by atoms with Gasteiger partial charge < -0.3 is 4.74 Å². The summed E-state index contributed by atoms with van der Waals surface area (Å²) in [4.78, 5) is 11.4. The number of benzene rings is 1. The number of carbonyl (C=O) groups is 1. The average Bonchev–Trinajstić information content (AvgIpc) is 2.83. The maximum atomic E-state index is 11.4. The largest absolute Gasteiger partial charge is 0.364 e. The first-order chi connectivity index (χ1) is 5.79. The van der Waals surface area contributed by atoms with Gasteiger partial charge in [-0.3, -0.25) is 4.79 Å². The van der Waals surface area contributed by atoms with Crippen molar-refractivity contribution in [3.8, 4) is 0 Å². The number of Topliss-reactive ketones (excluding diaryl/α,β-unsaturated/α-hetero) is 1. The fraction of sp³-hybridized carbons (Fsp3) is 0.222. The van der Waals surface area contributed by atoms with Crippen LogP contribution in [0, 0.1) is 0 Å². The first-order valence-electron chi connectivity index (χ1n) is 4.04. The Morgan fingerprint density at radius 1 is 1.55 bits per heavy atom. The molecule has 0 radical (unpaired) electrons. The van der Waals surface area contributed by atoms with E-state index in [4.69, 9.17) is 6.11 Å². The van der Waals surface area contributed by atoms with Gasteiger partial charge >= 0.3 is 0 Å². The van der Waals surface area contributed by atoms with Crippen LogP contribution in [0.5, 0.6) is 0 Å². The van der Waals surface area contributed by atoms with Crippen LogP contribution in [0.1, 0.15) is 11.7 Å². The lowest BCUT2D eigenvalue weighted by Gasteiger charge is -1.93. The van der Waals surface area contributed by atoms with Crippen molar-refractivity contribution in [2.75, 3.05) is 6.58 Å². The minimum Gasteiger partial charge on any atom is -0.364 e.